The molecule has 19 heavy (non-hydrogen) atoms. The summed E-state index contributed by atoms with van der Waals surface area (Å²) in [4.78, 5) is 14.4. The van der Waals surface area contributed by atoms with Crippen molar-refractivity contribution in [2.45, 2.75) is 0 Å². The fourth-order valence-electron chi connectivity index (χ4n) is 2.11. The minimum Gasteiger partial charge on any atom is -0.304 e. The van der Waals surface area contributed by atoms with Crippen LogP contribution in [0.15, 0.2) is 18.2 Å². The maximum Gasteiger partial charge on any atom is 0.265 e. The molecular formula is C12H16N6O. The highest BCUT2D eigenvalue weighted by Crippen LogP contribution is 2.10. The summed E-state index contributed by atoms with van der Waals surface area (Å²) < 4.78 is 0. The van der Waals surface area contributed by atoms with Gasteiger partial charge in [0.1, 0.15) is 11.0 Å². The Bertz CT molecular complexity index is 587. The van der Waals surface area contributed by atoms with Crippen LogP contribution >= 0.6 is 0 Å². The van der Waals surface area contributed by atoms with Crippen LogP contribution in [0.1, 0.15) is 10.4 Å². The Morgan fingerprint density at radius 2 is 1.95 bits per heavy atom. The number of aromatic nitrogens is 3. The molecule has 1 aliphatic heterocycles. The van der Waals surface area contributed by atoms with Crippen LogP contribution in [0.5, 0.6) is 0 Å². The van der Waals surface area contributed by atoms with Gasteiger partial charge >= 0.3 is 0 Å². The Labute approximate surface area is 110 Å². The van der Waals surface area contributed by atoms with Crippen LogP contribution < -0.4 is 5.43 Å². The molecule has 1 amide bonds. The molecule has 0 aliphatic carbocycles. The number of rotatable bonds is 2. The third-order valence-electron chi connectivity index (χ3n) is 3.34. The number of nitrogens with one attached hydrogen (secondary N) is 2. The summed E-state index contributed by atoms with van der Waals surface area (Å²) in [6, 6.07) is 5.29. The first-order valence-corrected chi connectivity index (χ1v) is 6.27. The van der Waals surface area contributed by atoms with Gasteiger partial charge in [0.2, 0.25) is 0 Å². The minimum absolute atomic E-state index is 0.102. The second-order valence-corrected chi connectivity index (χ2v) is 4.76. The highest BCUT2D eigenvalue weighted by molar-refractivity contribution is 5.96. The Morgan fingerprint density at radius 3 is 2.74 bits per heavy atom. The number of hydrogen-bond acceptors (Lipinski definition) is 5. The Balaban J connectivity index is 1.69. The van der Waals surface area contributed by atoms with Crippen molar-refractivity contribution < 1.29 is 4.79 Å². The number of amides is 1. The van der Waals surface area contributed by atoms with Gasteiger partial charge in [0, 0.05) is 31.7 Å². The summed E-state index contributed by atoms with van der Waals surface area (Å²) in [6.45, 7) is 3.61. The van der Waals surface area contributed by atoms with E-state index in [1.54, 1.807) is 18.2 Å². The van der Waals surface area contributed by atoms with Crippen molar-refractivity contribution in [1.82, 2.24) is 30.7 Å². The molecule has 7 heteroatoms. The summed E-state index contributed by atoms with van der Waals surface area (Å²) >= 11 is 0. The molecule has 2 heterocycles. The van der Waals surface area contributed by atoms with E-state index in [0.717, 1.165) is 31.7 Å². The van der Waals surface area contributed by atoms with Crippen molar-refractivity contribution in [2.24, 2.45) is 0 Å². The number of hydrazine groups is 1. The topological polar surface area (TPSA) is 77.1 Å². The van der Waals surface area contributed by atoms with Gasteiger partial charge in [-0.05, 0) is 25.2 Å². The van der Waals surface area contributed by atoms with Crippen LogP contribution in [0.2, 0.25) is 0 Å². The zero-order valence-electron chi connectivity index (χ0n) is 10.8. The largest absolute Gasteiger partial charge is 0.304 e. The Hall–Kier alpha value is -1.99. The lowest BCUT2D eigenvalue weighted by Crippen LogP contribution is -2.52. The molecule has 1 fully saturated rings. The molecule has 0 radical (unpaired) electrons. The number of hydrogen-bond donors (Lipinski definition) is 2. The smallest absolute Gasteiger partial charge is 0.265 e. The van der Waals surface area contributed by atoms with Crippen molar-refractivity contribution in [3.05, 3.63) is 23.8 Å². The van der Waals surface area contributed by atoms with E-state index in [1.165, 1.54) is 0 Å². The van der Waals surface area contributed by atoms with E-state index >= 15 is 0 Å². The van der Waals surface area contributed by atoms with Gasteiger partial charge < -0.3 is 4.90 Å². The summed E-state index contributed by atoms with van der Waals surface area (Å²) in [6.07, 6.45) is 0. The number of piperazine rings is 1. The fourth-order valence-corrected chi connectivity index (χ4v) is 2.11. The first kappa shape index (κ1) is 12.1. The minimum atomic E-state index is -0.102. The molecule has 1 aliphatic rings. The zero-order valence-corrected chi connectivity index (χ0v) is 10.8. The number of aromatic amines is 1. The Kier molecular flexibility index (Phi) is 3.14. The second kappa shape index (κ2) is 4.94. The van der Waals surface area contributed by atoms with Crippen molar-refractivity contribution in [3.63, 3.8) is 0 Å². The van der Waals surface area contributed by atoms with Gasteiger partial charge in [0.15, 0.2) is 0 Å². The molecule has 3 rings (SSSR count). The number of H-pyrrole nitrogens is 1. The normalized spacial score (nSPS) is 17.7. The lowest BCUT2D eigenvalue weighted by Gasteiger charge is -2.32. The van der Waals surface area contributed by atoms with Crippen LogP contribution in [0.3, 0.4) is 0 Å². The molecule has 1 aromatic carbocycles. The molecule has 0 spiro atoms. The molecule has 0 saturated carbocycles. The molecule has 1 saturated heterocycles. The predicted molar refractivity (Wildman–Crippen MR) is 70.4 cm³/mol. The second-order valence-electron chi connectivity index (χ2n) is 4.76. The first-order valence-electron chi connectivity index (χ1n) is 6.27. The third-order valence-corrected chi connectivity index (χ3v) is 3.34. The summed E-state index contributed by atoms with van der Waals surface area (Å²) in [5, 5.41) is 12.4. The highest BCUT2D eigenvalue weighted by Gasteiger charge is 2.16. The Morgan fingerprint density at radius 1 is 1.21 bits per heavy atom. The number of likely N-dealkylation sites (N-methyl/N-ethyl adjacent to an activating group) is 1. The first-order chi connectivity index (χ1) is 9.22. The lowest BCUT2D eigenvalue weighted by molar-refractivity contribution is 0.0662. The van der Waals surface area contributed by atoms with E-state index in [-0.39, 0.29) is 5.91 Å². The lowest BCUT2D eigenvalue weighted by atomic mass is 10.2. The van der Waals surface area contributed by atoms with Gasteiger partial charge in [-0.25, -0.2) is 5.01 Å². The SMILES string of the molecule is CN1CCN(NC(=O)c2ccc3n[nH]nc3c2)CC1. The van der Waals surface area contributed by atoms with Crippen molar-refractivity contribution in [3.8, 4) is 0 Å². The molecule has 2 aromatic rings. The summed E-state index contributed by atoms with van der Waals surface area (Å²) in [5.74, 6) is -0.102. The van der Waals surface area contributed by atoms with Crippen molar-refractivity contribution >= 4 is 16.9 Å². The molecule has 7 nitrogen and oxygen atoms in total. The maximum absolute atomic E-state index is 12.1. The molecule has 0 unspecified atom stereocenters. The van der Waals surface area contributed by atoms with E-state index in [9.17, 15) is 4.79 Å². The molecule has 1 aromatic heterocycles. The van der Waals surface area contributed by atoms with E-state index in [0.29, 0.717) is 11.1 Å². The van der Waals surface area contributed by atoms with Crippen molar-refractivity contribution in [2.75, 3.05) is 33.2 Å². The average molecular weight is 260 g/mol. The molecule has 100 valence electrons. The van der Waals surface area contributed by atoms with Crippen LogP contribution in [0.25, 0.3) is 11.0 Å². The summed E-state index contributed by atoms with van der Waals surface area (Å²) in [7, 11) is 2.08. The van der Waals surface area contributed by atoms with E-state index in [4.69, 9.17) is 0 Å². The monoisotopic (exact) mass is 260 g/mol. The van der Waals surface area contributed by atoms with Crippen LogP contribution in [-0.2, 0) is 0 Å². The molecule has 2 N–H and O–H groups in total. The molecule has 0 atom stereocenters. The van der Waals surface area contributed by atoms with Gasteiger partial charge in [-0.3, -0.25) is 10.2 Å². The molecular weight excluding hydrogens is 244 g/mol. The zero-order chi connectivity index (χ0) is 13.2. The molecule has 0 bridgehead atoms. The van der Waals surface area contributed by atoms with E-state index in [2.05, 4.69) is 32.8 Å². The van der Waals surface area contributed by atoms with E-state index < -0.39 is 0 Å². The highest BCUT2D eigenvalue weighted by atomic mass is 16.2. The number of nitrogens with zero attached hydrogens (tertiary/aromatic N) is 4. The predicted octanol–water partition coefficient (Wildman–Crippen LogP) is -0.150. The van der Waals surface area contributed by atoms with E-state index in [1.807, 2.05) is 5.01 Å². The number of benzene rings is 1. The number of carbonyl (C=O) groups excluding carboxylic acids is 1. The van der Waals surface area contributed by atoms with Crippen molar-refractivity contribution in [1.29, 1.82) is 0 Å². The van der Waals surface area contributed by atoms with Gasteiger partial charge in [-0.2, -0.15) is 15.4 Å². The van der Waals surface area contributed by atoms with Crippen LogP contribution in [0.4, 0.5) is 0 Å². The van der Waals surface area contributed by atoms with Gasteiger partial charge in [0.05, 0.1) is 0 Å². The third kappa shape index (κ3) is 2.56. The average Bonchev–Trinajstić information content (AvgIpc) is 2.88. The quantitative estimate of drug-likeness (QED) is 0.785. The number of fused-ring (bicyclic) bond motifs is 1. The van der Waals surface area contributed by atoms with Gasteiger partial charge in [-0.1, -0.05) is 0 Å². The van der Waals surface area contributed by atoms with Crippen LogP contribution in [-0.4, -0.2) is 64.5 Å². The van der Waals surface area contributed by atoms with Gasteiger partial charge in [-0.15, -0.1) is 0 Å². The number of carbonyl (C=O) groups is 1. The van der Waals surface area contributed by atoms with Crippen LogP contribution in [0, 0.1) is 0 Å². The standard InChI is InChI=1S/C12H16N6O/c1-17-4-6-18(7-5-17)15-12(19)9-2-3-10-11(8-9)14-16-13-10/h2-3,8H,4-7H2,1H3,(H,15,19)(H,13,14,16). The maximum atomic E-state index is 12.1. The van der Waals surface area contributed by atoms with Gasteiger partial charge in [0.25, 0.3) is 5.91 Å². The fraction of sp³-hybridized carbons (Fsp3) is 0.417. The summed E-state index contributed by atoms with van der Waals surface area (Å²) in [5.41, 5.74) is 4.98.